The summed E-state index contributed by atoms with van der Waals surface area (Å²) in [7, 11) is 1.60. The van der Waals surface area contributed by atoms with Crippen LogP contribution in [0, 0.1) is 0 Å². The third-order valence-electron chi connectivity index (χ3n) is 4.89. The number of nitrogens with one attached hydrogen (secondary N) is 1. The normalized spacial score (nSPS) is 16.8. The minimum absolute atomic E-state index is 0.0574. The number of amides is 3. The van der Waals surface area contributed by atoms with Gasteiger partial charge in [-0.15, -0.1) is 11.3 Å². The maximum absolute atomic E-state index is 11.8. The van der Waals surface area contributed by atoms with Crippen LogP contribution < -0.4 is 26.3 Å². The van der Waals surface area contributed by atoms with Crippen molar-refractivity contribution < 1.29 is 19.1 Å². The smallest absolute Gasteiger partial charge is 0.317 e. The Morgan fingerprint density at radius 3 is 2.62 bits per heavy atom. The van der Waals surface area contributed by atoms with Gasteiger partial charge in [-0.05, 0) is 38.5 Å². The maximum Gasteiger partial charge on any atom is 0.317 e. The van der Waals surface area contributed by atoms with Crippen LogP contribution in [0.4, 0.5) is 9.80 Å². The van der Waals surface area contributed by atoms with Crippen LogP contribution in [-0.2, 0) is 0 Å². The lowest BCUT2D eigenvalue weighted by atomic mass is 10.1. The molecule has 2 heterocycles. The SMILES string of the molecule is COc1ccc(-c2cc(C(N)=O)c(NC(N)=O)s2)c(OC2CCN(C(C)C)C2)c1. The largest absolute Gasteiger partial charge is 0.497 e. The van der Waals surface area contributed by atoms with Crippen molar-refractivity contribution in [3.63, 3.8) is 0 Å². The summed E-state index contributed by atoms with van der Waals surface area (Å²) < 4.78 is 11.7. The van der Waals surface area contributed by atoms with Crippen molar-refractivity contribution in [2.75, 3.05) is 25.5 Å². The molecule has 8 nitrogen and oxygen atoms in total. The summed E-state index contributed by atoms with van der Waals surface area (Å²) in [5.74, 6) is 0.683. The summed E-state index contributed by atoms with van der Waals surface area (Å²) in [6.07, 6.45) is 0.988. The Morgan fingerprint density at radius 2 is 2.03 bits per heavy atom. The highest BCUT2D eigenvalue weighted by Crippen LogP contribution is 2.41. The fourth-order valence-electron chi connectivity index (χ4n) is 3.34. The summed E-state index contributed by atoms with van der Waals surface area (Å²) >= 11 is 1.22. The van der Waals surface area contributed by atoms with Gasteiger partial charge < -0.3 is 20.9 Å². The lowest BCUT2D eigenvalue weighted by molar-refractivity contribution is 0.100. The van der Waals surface area contributed by atoms with Crippen LogP contribution in [0.2, 0.25) is 0 Å². The number of nitrogens with zero attached hydrogens (tertiary/aromatic N) is 1. The standard InChI is InChI=1S/C20H26N4O4S/c1-11(2)24-7-6-13(10-24)28-16-8-12(27-3)4-5-14(16)17-9-15(18(21)25)19(29-17)23-20(22)26/h4-5,8-9,11,13H,6-7,10H2,1-3H3,(H2,21,25)(H3,22,23,26). The molecular formula is C20H26N4O4S. The van der Waals surface area contributed by atoms with Gasteiger partial charge in [0.05, 0.1) is 12.7 Å². The summed E-state index contributed by atoms with van der Waals surface area (Å²) in [5.41, 5.74) is 11.7. The lowest BCUT2D eigenvalue weighted by Gasteiger charge is -2.21. The molecule has 0 saturated carbocycles. The molecule has 2 aromatic rings. The van der Waals surface area contributed by atoms with E-state index < -0.39 is 11.9 Å². The Balaban J connectivity index is 1.95. The van der Waals surface area contributed by atoms with E-state index in [9.17, 15) is 9.59 Å². The number of hydrogen-bond acceptors (Lipinski definition) is 6. The average Bonchev–Trinajstić information content (AvgIpc) is 3.28. The fourth-order valence-corrected chi connectivity index (χ4v) is 4.44. The molecule has 1 aromatic heterocycles. The molecule has 1 fully saturated rings. The zero-order chi connectivity index (χ0) is 21.1. The van der Waals surface area contributed by atoms with Gasteiger partial charge in [0.1, 0.15) is 22.6 Å². The molecule has 29 heavy (non-hydrogen) atoms. The Labute approximate surface area is 173 Å². The molecule has 1 aliphatic rings. The molecule has 9 heteroatoms. The van der Waals surface area contributed by atoms with Crippen LogP contribution in [0.25, 0.3) is 10.4 Å². The van der Waals surface area contributed by atoms with Crippen molar-refractivity contribution in [1.82, 2.24) is 4.90 Å². The number of ether oxygens (including phenoxy) is 2. The number of carbonyl (C=O) groups is 2. The van der Waals surface area contributed by atoms with Crippen molar-refractivity contribution in [2.45, 2.75) is 32.4 Å². The number of carbonyl (C=O) groups excluding carboxylic acids is 2. The first kappa shape index (κ1) is 20.9. The van der Waals surface area contributed by atoms with E-state index in [0.717, 1.165) is 30.0 Å². The van der Waals surface area contributed by atoms with Crippen LogP contribution in [0.1, 0.15) is 30.6 Å². The summed E-state index contributed by atoms with van der Waals surface area (Å²) in [5, 5.41) is 2.78. The third-order valence-corrected chi connectivity index (χ3v) is 5.97. The van der Waals surface area contributed by atoms with E-state index in [4.69, 9.17) is 20.9 Å². The van der Waals surface area contributed by atoms with Crippen LogP contribution in [0.5, 0.6) is 11.5 Å². The number of rotatable bonds is 7. The van der Waals surface area contributed by atoms with E-state index in [1.165, 1.54) is 11.3 Å². The average molecular weight is 419 g/mol. The van der Waals surface area contributed by atoms with Gasteiger partial charge in [0, 0.05) is 35.6 Å². The number of anilines is 1. The van der Waals surface area contributed by atoms with Gasteiger partial charge in [0.15, 0.2) is 0 Å². The van der Waals surface area contributed by atoms with E-state index in [1.54, 1.807) is 13.2 Å². The Hall–Kier alpha value is -2.78. The van der Waals surface area contributed by atoms with Crippen molar-refractivity contribution in [2.24, 2.45) is 11.5 Å². The topological polar surface area (TPSA) is 120 Å². The van der Waals surface area contributed by atoms with Crippen molar-refractivity contribution >= 4 is 28.3 Å². The van der Waals surface area contributed by atoms with Gasteiger partial charge in [0.25, 0.3) is 5.91 Å². The van der Waals surface area contributed by atoms with E-state index in [0.29, 0.717) is 22.5 Å². The van der Waals surface area contributed by atoms with E-state index in [2.05, 4.69) is 24.1 Å². The van der Waals surface area contributed by atoms with Gasteiger partial charge in [-0.1, -0.05) is 0 Å². The highest BCUT2D eigenvalue weighted by Gasteiger charge is 2.27. The number of methoxy groups -OCH3 is 1. The number of benzene rings is 1. The van der Waals surface area contributed by atoms with E-state index in [1.807, 2.05) is 18.2 Å². The number of hydrogen-bond donors (Lipinski definition) is 3. The van der Waals surface area contributed by atoms with Crippen LogP contribution in [0.3, 0.4) is 0 Å². The molecule has 1 atom stereocenters. The maximum atomic E-state index is 11.8. The first-order valence-corrected chi connectivity index (χ1v) is 10.2. The first-order chi connectivity index (χ1) is 13.8. The molecule has 5 N–H and O–H groups in total. The Morgan fingerprint density at radius 1 is 1.28 bits per heavy atom. The first-order valence-electron chi connectivity index (χ1n) is 9.37. The predicted octanol–water partition coefficient (Wildman–Crippen LogP) is 2.87. The zero-order valence-corrected chi connectivity index (χ0v) is 17.5. The molecular weight excluding hydrogens is 392 g/mol. The monoisotopic (exact) mass is 418 g/mol. The fraction of sp³-hybridized carbons (Fsp3) is 0.400. The number of nitrogens with two attached hydrogens (primary N) is 2. The minimum atomic E-state index is -0.758. The number of primary amides is 2. The molecule has 0 spiro atoms. The van der Waals surface area contributed by atoms with Gasteiger partial charge in [0.2, 0.25) is 0 Å². The highest BCUT2D eigenvalue weighted by atomic mass is 32.1. The molecule has 0 radical (unpaired) electrons. The second-order valence-corrected chi connectivity index (χ2v) is 8.24. The van der Waals surface area contributed by atoms with Gasteiger partial charge in [-0.3, -0.25) is 15.0 Å². The molecule has 0 bridgehead atoms. The third kappa shape index (κ3) is 4.80. The minimum Gasteiger partial charge on any atom is -0.497 e. The van der Waals surface area contributed by atoms with Crippen LogP contribution in [-0.4, -0.2) is 49.2 Å². The van der Waals surface area contributed by atoms with Crippen molar-refractivity contribution in [1.29, 1.82) is 0 Å². The van der Waals surface area contributed by atoms with Gasteiger partial charge in [-0.25, -0.2) is 4.79 Å². The molecule has 156 valence electrons. The Bertz CT molecular complexity index is 912. The quantitative estimate of drug-likeness (QED) is 0.639. The lowest BCUT2D eigenvalue weighted by Crippen LogP contribution is -2.30. The molecule has 1 unspecified atom stereocenters. The molecule has 3 rings (SSSR count). The number of urea groups is 1. The molecule has 1 saturated heterocycles. The second kappa shape index (κ2) is 8.71. The van der Waals surface area contributed by atoms with Crippen molar-refractivity contribution in [3.05, 3.63) is 29.8 Å². The van der Waals surface area contributed by atoms with Gasteiger partial charge >= 0.3 is 6.03 Å². The predicted molar refractivity (Wildman–Crippen MR) is 114 cm³/mol. The molecule has 0 aliphatic carbocycles. The summed E-state index contributed by atoms with van der Waals surface area (Å²) in [6, 6.07) is 6.87. The summed E-state index contributed by atoms with van der Waals surface area (Å²) in [4.78, 5) is 26.2. The molecule has 1 aromatic carbocycles. The summed E-state index contributed by atoms with van der Waals surface area (Å²) in [6.45, 7) is 6.17. The number of thiophene rings is 1. The van der Waals surface area contributed by atoms with E-state index in [-0.39, 0.29) is 11.7 Å². The molecule has 1 aliphatic heterocycles. The van der Waals surface area contributed by atoms with Crippen molar-refractivity contribution in [3.8, 4) is 21.9 Å². The Kier molecular flexibility index (Phi) is 6.29. The zero-order valence-electron chi connectivity index (χ0n) is 16.7. The second-order valence-electron chi connectivity index (χ2n) is 7.19. The van der Waals surface area contributed by atoms with Crippen LogP contribution in [0.15, 0.2) is 24.3 Å². The van der Waals surface area contributed by atoms with Crippen LogP contribution >= 0.6 is 11.3 Å². The highest BCUT2D eigenvalue weighted by molar-refractivity contribution is 7.20. The van der Waals surface area contributed by atoms with E-state index >= 15 is 0 Å². The number of likely N-dealkylation sites (tertiary alicyclic amines) is 1. The van der Waals surface area contributed by atoms with Gasteiger partial charge in [-0.2, -0.15) is 0 Å². The molecule has 3 amide bonds.